The minimum absolute atomic E-state index is 0.00336. The first-order chi connectivity index (χ1) is 13.3. The molecule has 0 saturated carbocycles. The Kier molecular flexibility index (Phi) is 4.59. The SMILES string of the molecule is Fc1ccccc1Cn1nc2c(C(F)(F)F)cccc2c1-c1ccc(Cl)cc1. The number of alkyl halides is 3. The summed E-state index contributed by atoms with van der Waals surface area (Å²) in [6.45, 7) is -0.00336. The molecule has 7 heteroatoms. The Balaban J connectivity index is 1.98. The maximum atomic E-state index is 14.1. The smallest absolute Gasteiger partial charge is 0.259 e. The molecule has 0 fully saturated rings. The number of nitrogens with zero attached hydrogens (tertiary/aromatic N) is 2. The van der Waals surface area contributed by atoms with Crippen molar-refractivity contribution in [3.05, 3.63) is 88.7 Å². The Bertz CT molecular complexity index is 1150. The van der Waals surface area contributed by atoms with Crippen LogP contribution >= 0.6 is 11.6 Å². The monoisotopic (exact) mass is 404 g/mol. The summed E-state index contributed by atoms with van der Waals surface area (Å²) in [5.41, 5.74) is 0.450. The average Bonchev–Trinajstić information content (AvgIpc) is 3.01. The molecule has 0 aliphatic carbocycles. The van der Waals surface area contributed by atoms with Crippen LogP contribution in [0.3, 0.4) is 0 Å². The van der Waals surface area contributed by atoms with E-state index in [0.717, 1.165) is 6.07 Å². The average molecular weight is 405 g/mol. The van der Waals surface area contributed by atoms with Crippen molar-refractivity contribution in [2.45, 2.75) is 12.7 Å². The van der Waals surface area contributed by atoms with Crippen LogP contribution in [0.4, 0.5) is 17.6 Å². The summed E-state index contributed by atoms with van der Waals surface area (Å²) in [4.78, 5) is 0. The van der Waals surface area contributed by atoms with Gasteiger partial charge in [0, 0.05) is 21.5 Å². The van der Waals surface area contributed by atoms with Crippen molar-refractivity contribution >= 4 is 22.5 Å². The van der Waals surface area contributed by atoms with E-state index in [2.05, 4.69) is 5.10 Å². The Morgan fingerprint density at radius 3 is 2.29 bits per heavy atom. The molecule has 0 saturated heterocycles. The van der Waals surface area contributed by atoms with Crippen LogP contribution in [0.25, 0.3) is 22.2 Å². The van der Waals surface area contributed by atoms with Crippen molar-refractivity contribution in [3.8, 4) is 11.3 Å². The number of hydrogen-bond acceptors (Lipinski definition) is 1. The molecular weight excluding hydrogens is 392 g/mol. The number of aromatic nitrogens is 2. The van der Waals surface area contributed by atoms with Crippen molar-refractivity contribution in [1.82, 2.24) is 9.78 Å². The highest BCUT2D eigenvalue weighted by Gasteiger charge is 2.34. The first kappa shape index (κ1) is 18.5. The molecule has 0 spiro atoms. The zero-order valence-corrected chi connectivity index (χ0v) is 15.1. The lowest BCUT2D eigenvalue weighted by atomic mass is 10.0. The first-order valence-corrected chi connectivity index (χ1v) is 8.78. The van der Waals surface area contributed by atoms with Gasteiger partial charge >= 0.3 is 6.18 Å². The molecule has 28 heavy (non-hydrogen) atoms. The standard InChI is InChI=1S/C21H13ClF4N2/c22-15-10-8-13(9-11-15)20-16-5-3-6-17(21(24,25)26)19(16)27-28(20)12-14-4-1-2-7-18(14)23/h1-11H,12H2. The van der Waals surface area contributed by atoms with Crippen molar-refractivity contribution in [2.24, 2.45) is 0 Å². The van der Waals surface area contributed by atoms with Gasteiger partial charge in [-0.1, -0.05) is 54.1 Å². The molecule has 4 rings (SSSR count). The lowest BCUT2D eigenvalue weighted by Crippen LogP contribution is -2.07. The fourth-order valence-corrected chi connectivity index (χ4v) is 3.32. The minimum Gasteiger partial charge on any atom is -0.259 e. The fourth-order valence-electron chi connectivity index (χ4n) is 3.20. The Morgan fingerprint density at radius 2 is 1.61 bits per heavy atom. The van der Waals surface area contributed by atoms with E-state index >= 15 is 0 Å². The van der Waals surface area contributed by atoms with Crippen molar-refractivity contribution < 1.29 is 17.6 Å². The van der Waals surface area contributed by atoms with E-state index in [4.69, 9.17) is 11.6 Å². The second-order valence-electron chi connectivity index (χ2n) is 6.30. The third-order valence-corrected chi connectivity index (χ3v) is 4.72. The van der Waals surface area contributed by atoms with Crippen LogP contribution in [0, 0.1) is 5.82 Å². The Morgan fingerprint density at radius 1 is 0.893 bits per heavy atom. The second-order valence-corrected chi connectivity index (χ2v) is 6.74. The maximum Gasteiger partial charge on any atom is 0.418 e. The van der Waals surface area contributed by atoms with Gasteiger partial charge in [-0.05, 0) is 24.3 Å². The highest BCUT2D eigenvalue weighted by molar-refractivity contribution is 6.30. The summed E-state index contributed by atoms with van der Waals surface area (Å²) in [6, 6.07) is 16.7. The predicted molar refractivity (Wildman–Crippen MR) is 101 cm³/mol. The van der Waals surface area contributed by atoms with Crippen LogP contribution < -0.4 is 0 Å². The van der Waals surface area contributed by atoms with Gasteiger partial charge < -0.3 is 0 Å². The van der Waals surface area contributed by atoms with Crippen LogP contribution in [0.5, 0.6) is 0 Å². The zero-order valence-electron chi connectivity index (χ0n) is 14.3. The van der Waals surface area contributed by atoms with E-state index in [1.807, 2.05) is 0 Å². The molecule has 2 nitrogen and oxygen atoms in total. The molecule has 0 bridgehead atoms. The molecule has 0 aliphatic heterocycles. The maximum absolute atomic E-state index is 14.1. The molecule has 142 valence electrons. The van der Waals surface area contributed by atoms with Crippen LogP contribution in [-0.2, 0) is 12.7 Å². The van der Waals surface area contributed by atoms with Crippen LogP contribution in [0.1, 0.15) is 11.1 Å². The van der Waals surface area contributed by atoms with Gasteiger partial charge in [-0.3, -0.25) is 4.68 Å². The van der Waals surface area contributed by atoms with Crippen LogP contribution in [0.15, 0.2) is 66.7 Å². The van der Waals surface area contributed by atoms with Crippen molar-refractivity contribution in [3.63, 3.8) is 0 Å². The Hall–Kier alpha value is -2.86. The highest BCUT2D eigenvalue weighted by Crippen LogP contribution is 2.38. The molecule has 0 radical (unpaired) electrons. The molecule has 0 aliphatic rings. The largest absolute Gasteiger partial charge is 0.418 e. The second kappa shape index (κ2) is 6.95. The lowest BCUT2D eigenvalue weighted by Gasteiger charge is -2.09. The molecule has 3 aromatic carbocycles. The van der Waals surface area contributed by atoms with Gasteiger partial charge in [0.2, 0.25) is 0 Å². The zero-order chi connectivity index (χ0) is 19.9. The summed E-state index contributed by atoms with van der Waals surface area (Å²) in [5.74, 6) is -0.444. The molecule has 4 aromatic rings. The summed E-state index contributed by atoms with van der Waals surface area (Å²) >= 11 is 5.95. The van der Waals surface area contributed by atoms with Gasteiger partial charge in [0.1, 0.15) is 11.3 Å². The molecule has 1 heterocycles. The quantitative estimate of drug-likeness (QED) is 0.353. The number of benzene rings is 3. The summed E-state index contributed by atoms with van der Waals surface area (Å²) in [7, 11) is 0. The molecule has 0 N–H and O–H groups in total. The van der Waals surface area contributed by atoms with Crippen LogP contribution in [0.2, 0.25) is 5.02 Å². The van der Waals surface area contributed by atoms with Gasteiger partial charge in [0.15, 0.2) is 0 Å². The minimum atomic E-state index is -4.55. The fraction of sp³-hybridized carbons (Fsp3) is 0.0952. The van der Waals surface area contributed by atoms with Gasteiger partial charge in [-0.15, -0.1) is 0 Å². The molecule has 0 atom stereocenters. The van der Waals surface area contributed by atoms with E-state index < -0.39 is 17.6 Å². The van der Waals surface area contributed by atoms with E-state index in [1.54, 1.807) is 48.5 Å². The van der Waals surface area contributed by atoms with Crippen molar-refractivity contribution in [2.75, 3.05) is 0 Å². The van der Waals surface area contributed by atoms with Gasteiger partial charge in [-0.2, -0.15) is 18.3 Å². The van der Waals surface area contributed by atoms with E-state index in [1.165, 1.54) is 16.8 Å². The normalized spacial score (nSPS) is 11.9. The molecule has 0 amide bonds. The lowest BCUT2D eigenvalue weighted by molar-refractivity contribution is -0.136. The third kappa shape index (κ3) is 3.36. The molecule has 1 aromatic heterocycles. The van der Waals surface area contributed by atoms with E-state index in [-0.39, 0.29) is 12.1 Å². The van der Waals surface area contributed by atoms with Crippen LogP contribution in [-0.4, -0.2) is 9.78 Å². The number of halogens is 5. The first-order valence-electron chi connectivity index (χ1n) is 8.40. The molecular formula is C21H13ClF4N2. The topological polar surface area (TPSA) is 17.8 Å². The van der Waals surface area contributed by atoms with Gasteiger partial charge in [0.05, 0.1) is 17.8 Å². The molecule has 0 unspecified atom stereocenters. The van der Waals surface area contributed by atoms with E-state index in [0.29, 0.717) is 27.2 Å². The number of fused-ring (bicyclic) bond motifs is 1. The third-order valence-electron chi connectivity index (χ3n) is 4.47. The van der Waals surface area contributed by atoms with E-state index in [9.17, 15) is 17.6 Å². The number of hydrogen-bond donors (Lipinski definition) is 0. The number of rotatable bonds is 3. The summed E-state index contributed by atoms with van der Waals surface area (Å²) < 4.78 is 56.0. The highest BCUT2D eigenvalue weighted by atomic mass is 35.5. The van der Waals surface area contributed by atoms with Gasteiger partial charge in [0.25, 0.3) is 0 Å². The predicted octanol–water partition coefficient (Wildman–Crippen LogP) is 6.56. The Labute approximate surface area is 163 Å². The van der Waals surface area contributed by atoms with Gasteiger partial charge in [-0.25, -0.2) is 4.39 Å². The summed E-state index contributed by atoms with van der Waals surface area (Å²) in [5, 5.41) is 5.06. The van der Waals surface area contributed by atoms with Crippen molar-refractivity contribution in [1.29, 1.82) is 0 Å². The summed E-state index contributed by atoms with van der Waals surface area (Å²) in [6.07, 6.45) is -4.55.